The van der Waals surface area contributed by atoms with Crippen LogP contribution in [0.5, 0.6) is 0 Å². The number of nitrogens with zero attached hydrogens (tertiary/aromatic N) is 3. The summed E-state index contributed by atoms with van der Waals surface area (Å²) in [6.45, 7) is 8.52. The largest absolute Gasteiger partial charge is 0.370 e. The monoisotopic (exact) mass is 306 g/mol. The van der Waals surface area contributed by atoms with E-state index in [1.54, 1.807) is 4.88 Å². The maximum absolute atomic E-state index is 6.13. The zero-order chi connectivity index (χ0) is 14.7. The Kier molecular flexibility index (Phi) is 4.80. The third-order valence-electron chi connectivity index (χ3n) is 4.68. The summed E-state index contributed by atoms with van der Waals surface area (Å²) in [6, 6.07) is 2.26. The van der Waals surface area contributed by atoms with Crippen LogP contribution in [0.25, 0.3) is 0 Å². The molecule has 3 heterocycles. The maximum atomic E-state index is 6.13. The summed E-state index contributed by atoms with van der Waals surface area (Å²) in [5.74, 6) is 1.58. The molecule has 1 saturated heterocycles. The van der Waals surface area contributed by atoms with Crippen molar-refractivity contribution in [2.45, 2.75) is 32.7 Å². The number of hydrogen-bond donors (Lipinski definition) is 1. The maximum Gasteiger partial charge on any atom is 0.191 e. The second kappa shape index (κ2) is 6.79. The van der Waals surface area contributed by atoms with Crippen LogP contribution in [0.2, 0.25) is 0 Å². The van der Waals surface area contributed by atoms with Gasteiger partial charge in [-0.15, -0.1) is 11.3 Å². The Morgan fingerprint density at radius 1 is 1.38 bits per heavy atom. The van der Waals surface area contributed by atoms with Crippen molar-refractivity contribution in [2.75, 3.05) is 32.7 Å². The highest BCUT2D eigenvalue weighted by Gasteiger charge is 2.18. The summed E-state index contributed by atoms with van der Waals surface area (Å²) in [5, 5.41) is 2.21. The first-order valence-electron chi connectivity index (χ1n) is 8.05. The fraction of sp³-hybridized carbons (Fsp3) is 0.688. The average Bonchev–Trinajstić information content (AvgIpc) is 2.95. The number of guanidine groups is 1. The van der Waals surface area contributed by atoms with Gasteiger partial charge in [0.1, 0.15) is 0 Å². The highest BCUT2D eigenvalue weighted by Crippen LogP contribution is 2.23. The normalized spacial score (nSPS) is 21.6. The lowest BCUT2D eigenvalue weighted by Gasteiger charge is -2.31. The van der Waals surface area contributed by atoms with Crippen LogP contribution in [0.15, 0.2) is 16.4 Å². The third-order valence-corrected chi connectivity index (χ3v) is 5.71. The lowest BCUT2D eigenvalue weighted by molar-refractivity contribution is 0.260. The summed E-state index contributed by atoms with van der Waals surface area (Å²) >= 11 is 1.89. The van der Waals surface area contributed by atoms with Gasteiger partial charge in [0.25, 0.3) is 0 Å². The molecule has 0 unspecified atom stereocenters. The van der Waals surface area contributed by atoms with E-state index in [-0.39, 0.29) is 0 Å². The topological polar surface area (TPSA) is 44.9 Å². The number of piperidine rings is 1. The molecular weight excluding hydrogens is 280 g/mol. The molecular formula is C16H26N4S. The fourth-order valence-corrected chi connectivity index (χ4v) is 4.03. The molecule has 5 heteroatoms. The van der Waals surface area contributed by atoms with Gasteiger partial charge in [0.2, 0.25) is 0 Å². The van der Waals surface area contributed by atoms with E-state index in [9.17, 15) is 0 Å². The molecule has 2 N–H and O–H groups in total. The first-order valence-corrected chi connectivity index (χ1v) is 8.93. The molecule has 0 bridgehead atoms. The number of likely N-dealkylation sites (tertiary alicyclic amines) is 1. The number of hydrogen-bond acceptors (Lipinski definition) is 3. The molecule has 0 spiro atoms. The van der Waals surface area contributed by atoms with Crippen LogP contribution in [-0.4, -0.2) is 48.5 Å². The molecule has 3 rings (SSSR count). The molecule has 21 heavy (non-hydrogen) atoms. The molecule has 2 aliphatic heterocycles. The van der Waals surface area contributed by atoms with Gasteiger partial charge < -0.3 is 10.6 Å². The minimum atomic E-state index is 0.745. The molecule has 1 aromatic heterocycles. The van der Waals surface area contributed by atoms with Crippen molar-refractivity contribution in [2.24, 2.45) is 16.6 Å². The Bertz CT molecular complexity index is 488. The zero-order valence-corrected chi connectivity index (χ0v) is 13.7. The Morgan fingerprint density at radius 2 is 2.19 bits per heavy atom. The van der Waals surface area contributed by atoms with Gasteiger partial charge in [-0.2, -0.15) is 0 Å². The fourth-order valence-electron chi connectivity index (χ4n) is 3.14. The van der Waals surface area contributed by atoms with E-state index in [4.69, 9.17) is 5.73 Å². The second-order valence-corrected chi connectivity index (χ2v) is 7.31. The van der Waals surface area contributed by atoms with E-state index < -0.39 is 0 Å². The molecule has 0 aromatic carbocycles. The number of aliphatic imine (C=N–C) groups is 1. The predicted octanol–water partition coefficient (Wildman–Crippen LogP) is 2.15. The standard InChI is InChI=1S/C16H26N4S/c1-13-2-8-20(9-3-13)16(17)18-6-10-19-7-4-15-14(12-19)5-11-21-15/h5,11,13H,2-4,6-10,12H2,1H3,(H2,17,18). The van der Waals surface area contributed by atoms with Gasteiger partial charge in [-0.05, 0) is 42.2 Å². The number of rotatable bonds is 3. The van der Waals surface area contributed by atoms with E-state index in [1.165, 1.54) is 24.8 Å². The molecule has 0 amide bonds. The van der Waals surface area contributed by atoms with Crippen LogP contribution < -0.4 is 5.73 Å². The van der Waals surface area contributed by atoms with Crippen molar-refractivity contribution < 1.29 is 0 Å². The molecule has 0 radical (unpaired) electrons. The van der Waals surface area contributed by atoms with Crippen molar-refractivity contribution in [3.8, 4) is 0 Å². The van der Waals surface area contributed by atoms with E-state index in [0.717, 1.165) is 51.1 Å². The molecule has 116 valence electrons. The minimum Gasteiger partial charge on any atom is -0.370 e. The van der Waals surface area contributed by atoms with Crippen LogP contribution >= 0.6 is 11.3 Å². The second-order valence-electron chi connectivity index (χ2n) is 6.30. The highest BCUT2D eigenvalue weighted by molar-refractivity contribution is 7.10. The first-order chi connectivity index (χ1) is 10.2. The SMILES string of the molecule is CC1CCN(C(N)=NCCN2CCc3sccc3C2)CC1. The van der Waals surface area contributed by atoms with Crippen LogP contribution in [0.4, 0.5) is 0 Å². The first kappa shape index (κ1) is 14.9. The van der Waals surface area contributed by atoms with Crippen LogP contribution in [0, 0.1) is 5.92 Å². The van der Waals surface area contributed by atoms with Crippen molar-refractivity contribution in [1.29, 1.82) is 0 Å². The van der Waals surface area contributed by atoms with Gasteiger partial charge in [0.05, 0.1) is 6.54 Å². The summed E-state index contributed by atoms with van der Waals surface area (Å²) in [5.41, 5.74) is 7.64. The molecule has 0 saturated carbocycles. The van der Waals surface area contributed by atoms with Crippen LogP contribution in [-0.2, 0) is 13.0 Å². The van der Waals surface area contributed by atoms with Crippen molar-refractivity contribution >= 4 is 17.3 Å². The quantitative estimate of drug-likeness (QED) is 0.687. The van der Waals surface area contributed by atoms with E-state index in [1.807, 2.05) is 11.3 Å². The Hall–Kier alpha value is -1.07. The summed E-state index contributed by atoms with van der Waals surface area (Å²) < 4.78 is 0. The molecule has 2 aliphatic rings. The Labute approximate surface area is 131 Å². The predicted molar refractivity (Wildman–Crippen MR) is 89.8 cm³/mol. The van der Waals surface area contributed by atoms with E-state index in [0.29, 0.717) is 0 Å². The average molecular weight is 306 g/mol. The number of fused-ring (bicyclic) bond motifs is 1. The minimum absolute atomic E-state index is 0.745. The van der Waals surface area contributed by atoms with Gasteiger partial charge in [-0.1, -0.05) is 6.92 Å². The van der Waals surface area contributed by atoms with Gasteiger partial charge in [-0.3, -0.25) is 9.89 Å². The number of thiophene rings is 1. The molecule has 0 aliphatic carbocycles. The van der Waals surface area contributed by atoms with Crippen LogP contribution in [0.3, 0.4) is 0 Å². The molecule has 0 atom stereocenters. The third kappa shape index (κ3) is 3.77. The van der Waals surface area contributed by atoms with Gasteiger partial charge in [-0.25, -0.2) is 0 Å². The van der Waals surface area contributed by atoms with Gasteiger partial charge >= 0.3 is 0 Å². The molecule has 1 aromatic rings. The summed E-state index contributed by atoms with van der Waals surface area (Å²) in [4.78, 5) is 10.9. The van der Waals surface area contributed by atoms with Crippen molar-refractivity contribution in [3.05, 3.63) is 21.9 Å². The lowest BCUT2D eigenvalue weighted by atomic mass is 10.00. The Balaban J connectivity index is 1.44. The van der Waals surface area contributed by atoms with E-state index >= 15 is 0 Å². The molecule has 1 fully saturated rings. The van der Waals surface area contributed by atoms with Crippen molar-refractivity contribution in [1.82, 2.24) is 9.80 Å². The zero-order valence-electron chi connectivity index (χ0n) is 12.9. The summed E-state index contributed by atoms with van der Waals surface area (Å²) in [6.07, 6.45) is 3.67. The Morgan fingerprint density at radius 3 is 3.00 bits per heavy atom. The molecule has 4 nitrogen and oxygen atoms in total. The summed E-state index contributed by atoms with van der Waals surface area (Å²) in [7, 11) is 0. The van der Waals surface area contributed by atoms with E-state index in [2.05, 4.69) is 33.2 Å². The number of nitrogens with two attached hydrogens (primary N) is 1. The van der Waals surface area contributed by atoms with Crippen LogP contribution in [0.1, 0.15) is 30.2 Å². The smallest absolute Gasteiger partial charge is 0.191 e. The lowest BCUT2D eigenvalue weighted by Crippen LogP contribution is -2.43. The van der Waals surface area contributed by atoms with Crippen molar-refractivity contribution in [3.63, 3.8) is 0 Å². The highest BCUT2D eigenvalue weighted by atomic mass is 32.1. The van der Waals surface area contributed by atoms with Gasteiger partial charge in [0, 0.05) is 37.6 Å². The van der Waals surface area contributed by atoms with Gasteiger partial charge in [0.15, 0.2) is 5.96 Å².